The van der Waals surface area contributed by atoms with Gasteiger partial charge in [-0.25, -0.2) is 4.79 Å². The Morgan fingerprint density at radius 2 is 2.10 bits per heavy atom. The Bertz CT molecular complexity index is 516. The van der Waals surface area contributed by atoms with Gasteiger partial charge in [-0.1, -0.05) is 18.2 Å². The summed E-state index contributed by atoms with van der Waals surface area (Å²) in [6.07, 6.45) is 0.926. The fourth-order valence-electron chi connectivity index (χ4n) is 2.73. The topological polar surface area (TPSA) is 61.4 Å². The number of amides is 3. The summed E-state index contributed by atoms with van der Waals surface area (Å²) in [5.41, 5.74) is 2.33. The van der Waals surface area contributed by atoms with Crippen LogP contribution in [0.4, 0.5) is 10.5 Å². The molecule has 1 aliphatic rings. The number of imide groups is 1. The van der Waals surface area contributed by atoms with Crippen LogP contribution in [-0.2, 0) is 11.2 Å². The molecule has 0 spiro atoms. The lowest BCUT2D eigenvalue weighted by molar-refractivity contribution is -0.121. The molecule has 0 saturated carbocycles. The van der Waals surface area contributed by atoms with Crippen LogP contribution in [0, 0.1) is 0 Å². The van der Waals surface area contributed by atoms with Crippen LogP contribution in [0.25, 0.3) is 0 Å². The number of nitrogens with one attached hydrogen (secondary N) is 2. The largest absolute Gasteiger partial charge is 0.357 e. The van der Waals surface area contributed by atoms with Gasteiger partial charge in [0.05, 0.1) is 0 Å². The van der Waals surface area contributed by atoms with Gasteiger partial charge in [-0.05, 0) is 38.8 Å². The number of carbonyl (C=O) groups is 2. The lowest BCUT2D eigenvalue weighted by atomic mass is 10.1. The van der Waals surface area contributed by atoms with Gasteiger partial charge in [-0.2, -0.15) is 0 Å². The predicted molar refractivity (Wildman–Crippen MR) is 78.8 cm³/mol. The molecule has 1 heterocycles. The van der Waals surface area contributed by atoms with E-state index < -0.39 is 6.03 Å². The van der Waals surface area contributed by atoms with Crippen molar-refractivity contribution in [3.63, 3.8) is 0 Å². The van der Waals surface area contributed by atoms with E-state index in [4.69, 9.17) is 0 Å². The number of benzene rings is 1. The van der Waals surface area contributed by atoms with Crippen LogP contribution in [0.5, 0.6) is 0 Å². The number of carbonyl (C=O) groups excluding carboxylic acids is 2. The summed E-state index contributed by atoms with van der Waals surface area (Å²) >= 11 is 0. The first-order valence-corrected chi connectivity index (χ1v) is 6.99. The molecule has 0 fully saturated rings. The highest BCUT2D eigenvalue weighted by Gasteiger charge is 2.32. The molecule has 20 heavy (non-hydrogen) atoms. The Hall–Kier alpha value is -2.04. The highest BCUT2D eigenvalue weighted by atomic mass is 16.2. The monoisotopic (exact) mass is 275 g/mol. The average Bonchev–Trinajstić information content (AvgIpc) is 2.73. The minimum absolute atomic E-state index is 0.252. The van der Waals surface area contributed by atoms with Crippen molar-refractivity contribution >= 4 is 17.6 Å². The third kappa shape index (κ3) is 2.76. The molecule has 2 unspecified atom stereocenters. The molecule has 1 aromatic carbocycles. The van der Waals surface area contributed by atoms with Gasteiger partial charge in [-0.15, -0.1) is 0 Å². The van der Waals surface area contributed by atoms with Crippen LogP contribution in [0.15, 0.2) is 24.3 Å². The Morgan fingerprint density at radius 3 is 2.80 bits per heavy atom. The van der Waals surface area contributed by atoms with Gasteiger partial charge in [0.1, 0.15) is 6.04 Å². The van der Waals surface area contributed by atoms with Crippen molar-refractivity contribution in [1.82, 2.24) is 10.6 Å². The van der Waals surface area contributed by atoms with Crippen molar-refractivity contribution in [3.8, 4) is 0 Å². The lowest BCUT2D eigenvalue weighted by Gasteiger charge is -2.30. The van der Waals surface area contributed by atoms with Crippen molar-refractivity contribution in [2.75, 3.05) is 11.4 Å². The highest BCUT2D eigenvalue weighted by Crippen LogP contribution is 2.33. The zero-order valence-corrected chi connectivity index (χ0v) is 12.1. The molecule has 108 valence electrons. The van der Waals surface area contributed by atoms with Crippen molar-refractivity contribution < 1.29 is 9.59 Å². The number of para-hydroxylation sites is 1. The minimum atomic E-state index is -0.440. The maximum Gasteiger partial charge on any atom is 0.321 e. The summed E-state index contributed by atoms with van der Waals surface area (Å²) in [5, 5.41) is 4.94. The van der Waals surface area contributed by atoms with E-state index in [1.54, 1.807) is 0 Å². The molecule has 0 aliphatic carbocycles. The second-order valence-corrected chi connectivity index (χ2v) is 5.11. The summed E-state index contributed by atoms with van der Waals surface area (Å²) in [4.78, 5) is 25.7. The van der Waals surface area contributed by atoms with Crippen molar-refractivity contribution in [3.05, 3.63) is 29.8 Å². The third-order valence-corrected chi connectivity index (χ3v) is 3.63. The standard InChI is InChI=1S/C15H21N3O2/c1-4-16-15(20)17-14(19)11(3)18-10(2)9-12-7-5-6-8-13(12)18/h5-8,10-11H,4,9H2,1-3H3,(H2,16,17,19,20). The zero-order chi connectivity index (χ0) is 14.7. The number of fused-ring (bicyclic) bond motifs is 1. The molecule has 2 rings (SSSR count). The average molecular weight is 275 g/mol. The van der Waals surface area contributed by atoms with E-state index in [1.807, 2.05) is 32.0 Å². The minimum Gasteiger partial charge on any atom is -0.357 e. The molecule has 1 aliphatic heterocycles. The van der Waals surface area contributed by atoms with E-state index in [2.05, 4.69) is 28.5 Å². The molecule has 2 N–H and O–H groups in total. The highest BCUT2D eigenvalue weighted by molar-refractivity contribution is 5.98. The van der Waals surface area contributed by atoms with Crippen LogP contribution < -0.4 is 15.5 Å². The van der Waals surface area contributed by atoms with Crippen molar-refractivity contribution in [1.29, 1.82) is 0 Å². The molecule has 1 aromatic rings. The quantitative estimate of drug-likeness (QED) is 0.882. The van der Waals surface area contributed by atoms with Crippen LogP contribution in [0.3, 0.4) is 0 Å². The SMILES string of the molecule is CCNC(=O)NC(=O)C(C)N1c2ccccc2CC1C. The molecule has 2 atom stereocenters. The Morgan fingerprint density at radius 1 is 1.40 bits per heavy atom. The first kappa shape index (κ1) is 14.4. The number of hydrogen-bond acceptors (Lipinski definition) is 3. The second kappa shape index (κ2) is 5.94. The van der Waals surface area contributed by atoms with E-state index >= 15 is 0 Å². The molecule has 5 heteroatoms. The molecule has 0 bridgehead atoms. The van der Waals surface area contributed by atoms with Crippen molar-refractivity contribution in [2.45, 2.75) is 39.3 Å². The maximum atomic E-state index is 12.2. The van der Waals surface area contributed by atoms with Gasteiger partial charge in [0.2, 0.25) is 5.91 Å². The molecule has 0 aromatic heterocycles. The Balaban J connectivity index is 2.11. The van der Waals surface area contributed by atoms with Crippen LogP contribution >= 0.6 is 0 Å². The Kier molecular flexibility index (Phi) is 4.27. The summed E-state index contributed by atoms with van der Waals surface area (Å²) in [6, 6.07) is 7.52. The van der Waals surface area contributed by atoms with Crippen molar-refractivity contribution in [2.24, 2.45) is 0 Å². The summed E-state index contributed by atoms with van der Waals surface area (Å²) in [7, 11) is 0. The number of rotatable bonds is 3. The van der Waals surface area contributed by atoms with Gasteiger partial charge in [0.15, 0.2) is 0 Å². The first-order valence-electron chi connectivity index (χ1n) is 6.99. The molecule has 3 amide bonds. The molecular weight excluding hydrogens is 254 g/mol. The van der Waals surface area contributed by atoms with E-state index in [0.29, 0.717) is 6.54 Å². The van der Waals surface area contributed by atoms with Crippen LogP contribution in [0.2, 0.25) is 0 Å². The smallest absolute Gasteiger partial charge is 0.321 e. The lowest BCUT2D eigenvalue weighted by Crippen LogP contribution is -2.51. The fourth-order valence-corrected chi connectivity index (χ4v) is 2.73. The first-order chi connectivity index (χ1) is 9.54. The number of urea groups is 1. The van der Waals surface area contributed by atoms with Crippen LogP contribution in [0.1, 0.15) is 26.3 Å². The predicted octanol–water partition coefficient (Wildman–Crippen LogP) is 1.67. The summed E-state index contributed by atoms with van der Waals surface area (Å²) in [6.45, 7) is 6.23. The summed E-state index contributed by atoms with van der Waals surface area (Å²) in [5.74, 6) is -0.278. The van der Waals surface area contributed by atoms with Crippen LogP contribution in [-0.4, -0.2) is 30.6 Å². The van der Waals surface area contributed by atoms with Gasteiger partial charge in [0.25, 0.3) is 0 Å². The van der Waals surface area contributed by atoms with E-state index in [1.165, 1.54) is 5.56 Å². The molecule has 5 nitrogen and oxygen atoms in total. The summed E-state index contributed by atoms with van der Waals surface area (Å²) < 4.78 is 0. The molecular formula is C15H21N3O2. The van der Waals surface area contributed by atoms with Gasteiger partial charge in [-0.3, -0.25) is 10.1 Å². The van der Waals surface area contributed by atoms with E-state index in [9.17, 15) is 9.59 Å². The van der Waals surface area contributed by atoms with E-state index in [-0.39, 0.29) is 18.0 Å². The van der Waals surface area contributed by atoms with Gasteiger partial charge in [0, 0.05) is 18.3 Å². The number of hydrogen-bond donors (Lipinski definition) is 2. The van der Waals surface area contributed by atoms with E-state index in [0.717, 1.165) is 12.1 Å². The number of nitrogens with zero attached hydrogens (tertiary/aromatic N) is 1. The number of anilines is 1. The normalized spacial score (nSPS) is 18.4. The molecule has 0 radical (unpaired) electrons. The third-order valence-electron chi connectivity index (χ3n) is 3.63. The Labute approximate surface area is 119 Å². The fraction of sp³-hybridized carbons (Fsp3) is 0.467. The van der Waals surface area contributed by atoms with Gasteiger partial charge < -0.3 is 10.2 Å². The maximum absolute atomic E-state index is 12.2. The molecule has 0 saturated heterocycles. The zero-order valence-electron chi connectivity index (χ0n) is 12.1. The second-order valence-electron chi connectivity index (χ2n) is 5.11. The van der Waals surface area contributed by atoms with Gasteiger partial charge >= 0.3 is 6.03 Å².